The smallest absolute Gasteiger partial charge is 0.180 e. The van der Waals surface area contributed by atoms with Gasteiger partial charge in [0.2, 0.25) is 0 Å². The van der Waals surface area contributed by atoms with Gasteiger partial charge in [0.1, 0.15) is 0 Å². The van der Waals surface area contributed by atoms with Crippen molar-refractivity contribution in [2.45, 2.75) is 32.7 Å². The van der Waals surface area contributed by atoms with E-state index in [9.17, 15) is 4.79 Å². The molecule has 1 aliphatic carbocycles. The monoisotopic (exact) mass is 235 g/mol. The molecule has 1 aliphatic heterocycles. The van der Waals surface area contributed by atoms with Crippen molar-refractivity contribution in [1.82, 2.24) is 0 Å². The lowest BCUT2D eigenvalue weighted by atomic mass is 9.77. The van der Waals surface area contributed by atoms with E-state index in [4.69, 9.17) is 4.99 Å². The van der Waals surface area contributed by atoms with Gasteiger partial charge in [-0.1, -0.05) is 12.2 Å². The molecule has 2 rings (SSSR count). The maximum Gasteiger partial charge on any atom is 0.180 e. The van der Waals surface area contributed by atoms with Crippen molar-refractivity contribution < 1.29 is 4.79 Å². The molecule has 0 saturated heterocycles. The third kappa shape index (κ3) is 1.77. The first kappa shape index (κ1) is 11.6. The van der Waals surface area contributed by atoms with Crippen LogP contribution in [0.4, 0.5) is 0 Å². The second-order valence-corrected chi connectivity index (χ2v) is 5.97. The van der Waals surface area contributed by atoms with Crippen molar-refractivity contribution in [3.63, 3.8) is 0 Å². The van der Waals surface area contributed by atoms with Gasteiger partial charge in [0.05, 0.1) is 16.0 Å². The van der Waals surface area contributed by atoms with Gasteiger partial charge in [0.25, 0.3) is 0 Å². The molecular weight excluding hydrogens is 218 g/mol. The summed E-state index contributed by atoms with van der Waals surface area (Å²) >= 11 is 1.69. The van der Waals surface area contributed by atoms with Crippen LogP contribution in [0.3, 0.4) is 0 Å². The molecule has 0 aromatic rings. The molecule has 0 N–H and O–H groups in total. The first-order valence-electron chi connectivity index (χ1n) is 5.46. The Morgan fingerprint density at radius 1 is 1.44 bits per heavy atom. The van der Waals surface area contributed by atoms with Gasteiger partial charge in [-0.15, -0.1) is 11.8 Å². The molecule has 16 heavy (non-hydrogen) atoms. The normalized spacial score (nSPS) is 31.9. The number of hydrogen-bond acceptors (Lipinski definition) is 3. The van der Waals surface area contributed by atoms with Crippen LogP contribution in [0, 0.1) is 5.41 Å². The lowest BCUT2D eigenvalue weighted by Gasteiger charge is -2.28. The van der Waals surface area contributed by atoms with Crippen LogP contribution in [0.5, 0.6) is 0 Å². The quantitative estimate of drug-likeness (QED) is 0.646. The van der Waals surface area contributed by atoms with Crippen molar-refractivity contribution in [3.05, 3.63) is 23.8 Å². The van der Waals surface area contributed by atoms with Crippen LogP contribution in [-0.2, 0) is 4.79 Å². The van der Waals surface area contributed by atoms with Crippen molar-refractivity contribution in [2.75, 3.05) is 6.26 Å². The number of aliphatic imine (C=N–C) groups is 1. The molecule has 2 nitrogen and oxygen atoms in total. The Kier molecular flexibility index (Phi) is 2.61. The molecule has 2 aliphatic rings. The lowest BCUT2D eigenvalue weighted by Crippen LogP contribution is -2.27. The van der Waals surface area contributed by atoms with E-state index in [1.54, 1.807) is 17.8 Å². The molecule has 1 heterocycles. The molecule has 1 atom stereocenters. The molecule has 0 bridgehead atoms. The predicted octanol–water partition coefficient (Wildman–Crippen LogP) is 3.00. The fourth-order valence-electron chi connectivity index (χ4n) is 2.55. The molecule has 0 radical (unpaired) electrons. The molecule has 1 unspecified atom stereocenters. The zero-order valence-corrected chi connectivity index (χ0v) is 11.0. The minimum atomic E-state index is -0.124. The van der Waals surface area contributed by atoms with Gasteiger partial charge in [0, 0.05) is 0 Å². The second kappa shape index (κ2) is 3.59. The third-order valence-electron chi connectivity index (χ3n) is 3.12. The summed E-state index contributed by atoms with van der Waals surface area (Å²) in [7, 11) is 0. The molecule has 3 heteroatoms. The van der Waals surface area contributed by atoms with E-state index in [1.807, 2.05) is 13.0 Å². The first-order valence-corrected chi connectivity index (χ1v) is 6.68. The number of carbonyl (C=O) groups excluding carboxylic acids is 1. The number of hydrogen-bond donors (Lipinski definition) is 0. The summed E-state index contributed by atoms with van der Waals surface area (Å²) in [5, 5.41) is 1.13. The van der Waals surface area contributed by atoms with Crippen LogP contribution in [0.15, 0.2) is 28.8 Å². The Morgan fingerprint density at radius 3 is 2.69 bits per heavy atom. The molecule has 1 spiro atoms. The Hall–Kier alpha value is -0.830. The van der Waals surface area contributed by atoms with Crippen LogP contribution in [-0.4, -0.2) is 22.6 Å². The van der Waals surface area contributed by atoms with Gasteiger partial charge >= 0.3 is 0 Å². The molecule has 0 saturated carbocycles. The molecule has 0 aromatic heterocycles. The van der Waals surface area contributed by atoms with Crippen molar-refractivity contribution in [1.29, 1.82) is 0 Å². The van der Waals surface area contributed by atoms with Gasteiger partial charge in [-0.25, -0.2) is 0 Å². The van der Waals surface area contributed by atoms with Gasteiger partial charge < -0.3 is 0 Å². The average Bonchev–Trinajstić information content (AvgIpc) is 2.44. The van der Waals surface area contributed by atoms with Crippen LogP contribution in [0.2, 0.25) is 0 Å². The minimum Gasteiger partial charge on any atom is -0.290 e. The van der Waals surface area contributed by atoms with E-state index in [0.717, 1.165) is 17.0 Å². The van der Waals surface area contributed by atoms with Crippen LogP contribution in [0.25, 0.3) is 0 Å². The number of nitrogens with zero attached hydrogens (tertiary/aromatic N) is 1. The van der Waals surface area contributed by atoms with Gasteiger partial charge in [-0.05, 0) is 45.1 Å². The maximum atomic E-state index is 11.5. The lowest BCUT2D eigenvalue weighted by molar-refractivity contribution is -0.111. The fourth-order valence-corrected chi connectivity index (χ4v) is 3.47. The Bertz CT molecular complexity index is 431. The zero-order valence-electron chi connectivity index (χ0n) is 10.2. The van der Waals surface area contributed by atoms with E-state index in [0.29, 0.717) is 0 Å². The average molecular weight is 235 g/mol. The summed E-state index contributed by atoms with van der Waals surface area (Å²) in [6.45, 7) is 6.17. The summed E-state index contributed by atoms with van der Waals surface area (Å²) in [6.07, 6.45) is 8.81. The van der Waals surface area contributed by atoms with Crippen LogP contribution in [0.1, 0.15) is 27.2 Å². The Balaban J connectivity index is 2.46. The zero-order chi connectivity index (χ0) is 12.0. The van der Waals surface area contributed by atoms with Gasteiger partial charge in [-0.3, -0.25) is 9.79 Å². The van der Waals surface area contributed by atoms with Gasteiger partial charge in [0.15, 0.2) is 5.78 Å². The number of ketones is 1. The molecule has 0 aromatic carbocycles. The minimum absolute atomic E-state index is 0.0279. The summed E-state index contributed by atoms with van der Waals surface area (Å²) in [5.74, 6) is 0.121. The second-order valence-electron chi connectivity index (χ2n) is 5.18. The van der Waals surface area contributed by atoms with E-state index in [1.165, 1.54) is 0 Å². The topological polar surface area (TPSA) is 29.4 Å². The van der Waals surface area contributed by atoms with E-state index >= 15 is 0 Å². The molecule has 0 fully saturated rings. The molecular formula is C13H17NOS. The van der Waals surface area contributed by atoms with Crippen LogP contribution < -0.4 is 0 Å². The van der Waals surface area contributed by atoms with Crippen molar-refractivity contribution >= 4 is 22.6 Å². The highest BCUT2D eigenvalue weighted by molar-refractivity contribution is 8.13. The van der Waals surface area contributed by atoms with Crippen LogP contribution >= 0.6 is 11.8 Å². The number of thioether (sulfide) groups is 1. The summed E-state index contributed by atoms with van der Waals surface area (Å²) < 4.78 is 0. The highest BCUT2D eigenvalue weighted by Gasteiger charge is 2.44. The highest BCUT2D eigenvalue weighted by Crippen LogP contribution is 2.46. The van der Waals surface area contributed by atoms with E-state index in [2.05, 4.69) is 26.2 Å². The number of allylic oxidation sites excluding steroid dienone is 4. The van der Waals surface area contributed by atoms with Crippen molar-refractivity contribution in [2.24, 2.45) is 10.4 Å². The summed E-state index contributed by atoms with van der Waals surface area (Å²) in [5.41, 5.74) is 0.683. The fraction of sp³-hybridized carbons (Fsp3) is 0.538. The van der Waals surface area contributed by atoms with Gasteiger partial charge in [-0.2, -0.15) is 0 Å². The summed E-state index contributed by atoms with van der Waals surface area (Å²) in [4.78, 5) is 16.2. The maximum absolute atomic E-state index is 11.5. The van der Waals surface area contributed by atoms with E-state index < -0.39 is 0 Å². The predicted molar refractivity (Wildman–Crippen MR) is 70.0 cm³/mol. The summed E-state index contributed by atoms with van der Waals surface area (Å²) in [6, 6.07) is 0. The Labute approximate surface area is 101 Å². The highest BCUT2D eigenvalue weighted by atomic mass is 32.2. The molecule has 86 valence electrons. The molecule has 0 amide bonds. The van der Waals surface area contributed by atoms with Crippen molar-refractivity contribution in [3.8, 4) is 0 Å². The SMILES string of the molecule is CSC1=NC(C)(C)CC12C=CC(=O)C(C)=C2. The Morgan fingerprint density at radius 2 is 2.12 bits per heavy atom. The first-order chi connectivity index (χ1) is 7.38. The number of carbonyl (C=O) groups is 1. The largest absolute Gasteiger partial charge is 0.290 e. The standard InChI is InChI=1S/C13H17NOS/c1-9-7-13(6-5-10(9)15)8-12(2,3)14-11(13)16-4/h5-7H,8H2,1-4H3. The third-order valence-corrected chi connectivity index (χ3v) is 3.97. The number of rotatable bonds is 0. The van der Waals surface area contributed by atoms with E-state index in [-0.39, 0.29) is 16.7 Å².